The molecule has 126 valence electrons. The van der Waals surface area contributed by atoms with Crippen LogP contribution < -0.4 is 9.42 Å². The van der Waals surface area contributed by atoms with Crippen LogP contribution in [0.2, 0.25) is 0 Å². The van der Waals surface area contributed by atoms with Crippen LogP contribution in [0.1, 0.15) is 0 Å². The summed E-state index contributed by atoms with van der Waals surface area (Å²) in [5.74, 6) is 0.717. The second-order valence-corrected chi connectivity index (χ2v) is 6.88. The summed E-state index contributed by atoms with van der Waals surface area (Å²) in [7, 11) is 2.39. The van der Waals surface area contributed by atoms with Gasteiger partial charge >= 0.3 is 8.24 Å². The van der Waals surface area contributed by atoms with Crippen molar-refractivity contribution in [3.05, 3.63) is 72.8 Å². The van der Waals surface area contributed by atoms with Crippen LogP contribution in [0.4, 0.5) is 5.69 Å². The van der Waals surface area contributed by atoms with Crippen molar-refractivity contribution < 1.29 is 12.9 Å². The van der Waals surface area contributed by atoms with E-state index < -0.39 is 8.24 Å². The van der Waals surface area contributed by atoms with Crippen LogP contribution in [0.25, 0.3) is 21.9 Å². The van der Waals surface area contributed by atoms with Crippen LogP contribution in [0.3, 0.4) is 0 Å². The molecule has 0 saturated heterocycles. The number of hydrogen-bond acceptors (Lipinski definition) is 4. The molecule has 4 nitrogen and oxygen atoms in total. The lowest BCUT2D eigenvalue weighted by atomic mass is 10.1. The van der Waals surface area contributed by atoms with E-state index in [2.05, 4.69) is 0 Å². The summed E-state index contributed by atoms with van der Waals surface area (Å²) in [6.45, 7) is 0. The maximum absolute atomic E-state index is 6.05. The van der Waals surface area contributed by atoms with Gasteiger partial charge in [-0.3, -0.25) is 0 Å². The SMILES string of the molecule is CN(C)c1cccc(Op2oc3ccccc3c3ccccc3o2)c1. The smallest absolute Gasteiger partial charge is 0.391 e. The van der Waals surface area contributed by atoms with Gasteiger partial charge in [0, 0.05) is 36.6 Å². The molecule has 25 heavy (non-hydrogen) atoms. The van der Waals surface area contributed by atoms with E-state index in [0.29, 0.717) is 5.75 Å². The Hall–Kier alpha value is -2.84. The Morgan fingerprint density at radius 3 is 1.96 bits per heavy atom. The average molecular weight is 351 g/mol. The minimum atomic E-state index is -1.60. The summed E-state index contributed by atoms with van der Waals surface area (Å²) in [5, 5.41) is 2.02. The van der Waals surface area contributed by atoms with Crippen molar-refractivity contribution in [2.75, 3.05) is 19.0 Å². The summed E-state index contributed by atoms with van der Waals surface area (Å²) < 4.78 is 18.1. The van der Waals surface area contributed by atoms with Crippen LogP contribution in [0.5, 0.6) is 5.75 Å². The maximum Gasteiger partial charge on any atom is 0.453 e. The molecule has 0 N–H and O–H groups in total. The largest absolute Gasteiger partial charge is 0.453 e. The fourth-order valence-electron chi connectivity index (χ4n) is 2.66. The highest BCUT2D eigenvalue weighted by atomic mass is 31.1. The lowest BCUT2D eigenvalue weighted by molar-refractivity contribution is 0.498. The van der Waals surface area contributed by atoms with Gasteiger partial charge in [0.15, 0.2) is 0 Å². The summed E-state index contributed by atoms with van der Waals surface area (Å²) in [6, 6.07) is 23.7. The van der Waals surface area contributed by atoms with Crippen LogP contribution in [-0.2, 0) is 0 Å². The number of para-hydroxylation sites is 2. The van der Waals surface area contributed by atoms with E-state index >= 15 is 0 Å². The van der Waals surface area contributed by atoms with E-state index in [-0.39, 0.29) is 0 Å². The first-order valence-corrected chi connectivity index (χ1v) is 9.10. The first-order valence-electron chi connectivity index (χ1n) is 8.00. The zero-order chi connectivity index (χ0) is 17.2. The molecule has 0 aliphatic heterocycles. The van der Waals surface area contributed by atoms with E-state index in [1.165, 1.54) is 0 Å². The molecule has 1 heterocycles. The molecule has 0 aliphatic rings. The van der Waals surface area contributed by atoms with Gasteiger partial charge < -0.3 is 17.8 Å². The van der Waals surface area contributed by atoms with Gasteiger partial charge in [-0.1, -0.05) is 42.5 Å². The van der Waals surface area contributed by atoms with Crippen molar-refractivity contribution in [2.45, 2.75) is 0 Å². The number of hydrogen-bond donors (Lipinski definition) is 0. The van der Waals surface area contributed by atoms with Crippen LogP contribution >= 0.6 is 8.24 Å². The molecule has 0 atom stereocenters. The van der Waals surface area contributed by atoms with E-state index in [4.69, 9.17) is 12.9 Å². The maximum atomic E-state index is 6.05. The molecule has 0 aliphatic carbocycles. The molecule has 4 aromatic rings. The van der Waals surface area contributed by atoms with E-state index in [0.717, 1.165) is 27.6 Å². The number of nitrogens with zero attached hydrogens (tertiary/aromatic N) is 1. The summed E-state index contributed by atoms with van der Waals surface area (Å²) in [6.07, 6.45) is 0. The summed E-state index contributed by atoms with van der Waals surface area (Å²) in [5.41, 5.74) is 2.59. The zero-order valence-corrected chi connectivity index (χ0v) is 14.9. The fourth-order valence-corrected chi connectivity index (χ4v) is 3.70. The lowest BCUT2D eigenvalue weighted by Gasteiger charge is -2.12. The fraction of sp³-hybridized carbons (Fsp3) is 0.100. The Balaban J connectivity index is 1.88. The average Bonchev–Trinajstić information content (AvgIpc) is 2.78. The molecule has 3 aromatic carbocycles. The quantitative estimate of drug-likeness (QED) is 0.441. The van der Waals surface area contributed by atoms with Gasteiger partial charge in [0.25, 0.3) is 0 Å². The highest BCUT2D eigenvalue weighted by molar-refractivity contribution is 7.32. The molecule has 0 amide bonds. The third-order valence-corrected chi connectivity index (χ3v) is 4.98. The molecule has 0 spiro atoms. The molecule has 0 bridgehead atoms. The van der Waals surface area contributed by atoms with Gasteiger partial charge in [-0.2, -0.15) is 0 Å². The monoisotopic (exact) mass is 351 g/mol. The third kappa shape index (κ3) is 3.21. The Kier molecular flexibility index (Phi) is 4.12. The highest BCUT2D eigenvalue weighted by Crippen LogP contribution is 2.37. The Labute approximate surface area is 146 Å². The Morgan fingerprint density at radius 1 is 0.760 bits per heavy atom. The van der Waals surface area contributed by atoms with Crippen LogP contribution in [0.15, 0.2) is 81.2 Å². The van der Waals surface area contributed by atoms with Crippen molar-refractivity contribution in [1.29, 1.82) is 0 Å². The molecule has 4 rings (SSSR count). The lowest BCUT2D eigenvalue weighted by Crippen LogP contribution is -2.08. The number of anilines is 1. The topological polar surface area (TPSA) is 38.8 Å². The first-order chi connectivity index (χ1) is 12.2. The number of benzene rings is 3. The van der Waals surface area contributed by atoms with Crippen molar-refractivity contribution >= 4 is 35.9 Å². The van der Waals surface area contributed by atoms with Crippen LogP contribution in [0, 0.1) is 0 Å². The molecular formula is C20H18NO3P. The van der Waals surface area contributed by atoms with E-state index in [9.17, 15) is 0 Å². The normalized spacial score (nSPS) is 10.8. The molecule has 5 heteroatoms. The van der Waals surface area contributed by atoms with Gasteiger partial charge in [-0.05, 0) is 24.3 Å². The Morgan fingerprint density at radius 2 is 1.36 bits per heavy atom. The van der Waals surface area contributed by atoms with Gasteiger partial charge in [0.05, 0.1) is 0 Å². The molecular weight excluding hydrogens is 333 g/mol. The van der Waals surface area contributed by atoms with Crippen molar-refractivity contribution in [3.63, 3.8) is 0 Å². The number of rotatable bonds is 3. The Bertz CT molecular complexity index is 1010. The van der Waals surface area contributed by atoms with Crippen molar-refractivity contribution in [2.24, 2.45) is 0 Å². The summed E-state index contributed by atoms with van der Waals surface area (Å²) in [4.78, 5) is 2.03. The summed E-state index contributed by atoms with van der Waals surface area (Å²) >= 11 is 0. The van der Waals surface area contributed by atoms with Crippen LogP contribution in [-0.4, -0.2) is 14.1 Å². The molecule has 0 unspecified atom stereocenters. The van der Waals surface area contributed by atoms with Crippen molar-refractivity contribution in [1.82, 2.24) is 0 Å². The zero-order valence-electron chi connectivity index (χ0n) is 14.0. The van der Waals surface area contributed by atoms with Gasteiger partial charge in [-0.25, -0.2) is 0 Å². The number of fused-ring (bicyclic) bond motifs is 3. The second kappa shape index (κ2) is 6.58. The standard InChI is InChI=1S/C20H18NO3P/c1-21(2)15-8-7-9-16(14-15)22-25-23-19-12-5-3-10-17(19)18-11-4-6-13-20(18)24-25/h3-14H,1-2H3. The molecule has 0 fully saturated rings. The predicted octanol–water partition coefficient (Wildman–Crippen LogP) is 6.20. The molecule has 0 saturated carbocycles. The third-order valence-electron chi connectivity index (χ3n) is 3.92. The van der Waals surface area contributed by atoms with E-state index in [1.54, 1.807) is 0 Å². The highest BCUT2D eigenvalue weighted by Gasteiger charge is 2.08. The van der Waals surface area contributed by atoms with Crippen molar-refractivity contribution in [3.8, 4) is 5.75 Å². The molecule has 0 radical (unpaired) electrons. The predicted molar refractivity (Wildman–Crippen MR) is 103 cm³/mol. The van der Waals surface area contributed by atoms with Gasteiger partial charge in [0.2, 0.25) is 0 Å². The molecule has 1 aromatic heterocycles. The first kappa shape index (κ1) is 15.7. The van der Waals surface area contributed by atoms with E-state index in [1.807, 2.05) is 91.8 Å². The second-order valence-electron chi connectivity index (χ2n) is 5.88. The minimum Gasteiger partial charge on any atom is -0.391 e. The minimum absolute atomic E-state index is 0.717. The van der Waals surface area contributed by atoms with Gasteiger partial charge in [-0.15, -0.1) is 0 Å². The van der Waals surface area contributed by atoms with Gasteiger partial charge in [0.1, 0.15) is 16.9 Å².